The van der Waals surface area contributed by atoms with Crippen molar-refractivity contribution < 1.29 is 10.3 Å². The van der Waals surface area contributed by atoms with Crippen LogP contribution in [0.1, 0.15) is 13.3 Å². The van der Waals surface area contributed by atoms with E-state index in [0.717, 1.165) is 19.6 Å². The van der Waals surface area contributed by atoms with E-state index in [1.54, 1.807) is 6.92 Å². The van der Waals surface area contributed by atoms with Gasteiger partial charge in [0.1, 0.15) is 5.78 Å². The molecule has 0 aliphatic heterocycles. The predicted octanol–water partition coefficient (Wildman–Crippen LogP) is 1.50. The Morgan fingerprint density at radius 3 is 1.86 bits per heavy atom. The Hall–Kier alpha value is 0.650. The van der Waals surface area contributed by atoms with Gasteiger partial charge in [-0.2, -0.15) is 0 Å². The van der Waals surface area contributed by atoms with Crippen LogP contribution >= 0.6 is 40.2 Å². The van der Waals surface area contributed by atoms with Crippen molar-refractivity contribution in [2.45, 2.75) is 13.3 Å². The van der Waals surface area contributed by atoms with Crippen LogP contribution in [0.5, 0.6) is 0 Å². The summed E-state index contributed by atoms with van der Waals surface area (Å²) in [5, 5.41) is 0. The molecule has 14 heavy (non-hydrogen) atoms. The first-order valence-corrected chi connectivity index (χ1v) is 5.11. The minimum atomic E-state index is 0. The number of halogens is 3. The van der Waals surface area contributed by atoms with Crippen molar-refractivity contribution in [3.05, 3.63) is 0 Å². The van der Waals surface area contributed by atoms with E-state index in [1.165, 1.54) is 0 Å². The number of carbonyl (C=O) groups excluding carboxylic acids is 1. The number of alkyl halides is 2. The van der Waals surface area contributed by atoms with Crippen molar-refractivity contribution in [1.29, 1.82) is 0 Å². The maximum Gasteiger partial charge on any atom is 0.131 e. The Labute approximate surface area is 106 Å². The summed E-state index contributed by atoms with van der Waals surface area (Å²) < 4.78 is 0. The zero-order valence-corrected chi connectivity index (χ0v) is 11.5. The number of nitrogens with zero attached hydrogens (tertiary/aromatic N) is 1. The van der Waals surface area contributed by atoms with E-state index in [1.807, 2.05) is 0 Å². The second kappa shape index (κ2) is 13.7. The molecule has 0 amide bonds. The number of hydrogen-bond acceptors (Lipinski definition) is 2. The van der Waals surface area contributed by atoms with Crippen LogP contribution in [-0.4, -0.2) is 47.6 Å². The van der Waals surface area contributed by atoms with Gasteiger partial charge in [-0.3, -0.25) is 4.79 Å². The quantitative estimate of drug-likeness (QED) is 0.669. The molecular weight excluding hydrogens is 293 g/mol. The third-order valence-corrected chi connectivity index (χ3v) is 1.92. The van der Waals surface area contributed by atoms with Crippen LogP contribution in [0.3, 0.4) is 0 Å². The maximum atomic E-state index is 10.7. The lowest BCUT2D eigenvalue weighted by Gasteiger charge is -2.18. The van der Waals surface area contributed by atoms with Gasteiger partial charge in [0.15, 0.2) is 0 Å². The van der Waals surface area contributed by atoms with Crippen LogP contribution in [0.4, 0.5) is 0 Å². The fourth-order valence-corrected chi connectivity index (χ4v) is 1.37. The molecule has 0 spiro atoms. The highest BCUT2D eigenvalue weighted by atomic mass is 79.9. The highest BCUT2D eigenvalue weighted by Crippen LogP contribution is 1.94. The molecule has 0 aromatic heterocycles. The first-order valence-electron chi connectivity index (χ1n) is 4.04. The average molecular weight is 311 g/mol. The fourth-order valence-electron chi connectivity index (χ4n) is 0.890. The van der Waals surface area contributed by atoms with Crippen molar-refractivity contribution in [1.82, 2.24) is 4.90 Å². The molecule has 0 heterocycles. The molecule has 0 unspecified atom stereocenters. The van der Waals surface area contributed by atoms with Gasteiger partial charge in [-0.05, 0) is 6.92 Å². The molecule has 0 aliphatic rings. The minimum Gasteiger partial charge on any atom is -0.412 e. The molecule has 0 aliphatic carbocycles. The molecule has 0 saturated carbocycles. The van der Waals surface area contributed by atoms with Crippen molar-refractivity contribution in [2.24, 2.45) is 0 Å². The Kier molecular flexibility index (Phi) is 19.6. The van der Waals surface area contributed by atoms with Crippen LogP contribution in [0.15, 0.2) is 0 Å². The van der Waals surface area contributed by atoms with Gasteiger partial charge in [0, 0.05) is 37.8 Å². The molecule has 6 heteroatoms. The maximum absolute atomic E-state index is 10.7. The summed E-state index contributed by atoms with van der Waals surface area (Å²) in [5.74, 6) is 1.40. The van der Waals surface area contributed by atoms with Crippen LogP contribution in [-0.2, 0) is 4.79 Å². The van der Waals surface area contributed by atoms with E-state index in [4.69, 9.17) is 23.2 Å². The minimum absolute atomic E-state index is 0. The fraction of sp³-hybridized carbons (Fsp3) is 0.875. The molecule has 0 saturated heterocycles. The monoisotopic (exact) mass is 309 g/mol. The van der Waals surface area contributed by atoms with E-state index in [9.17, 15) is 4.79 Å². The Bertz CT molecular complexity index is 133. The second-order valence-electron chi connectivity index (χ2n) is 2.67. The smallest absolute Gasteiger partial charge is 0.131 e. The predicted molar refractivity (Wildman–Crippen MR) is 67.1 cm³/mol. The number of carbonyl (C=O) groups is 1. The SMILES string of the molecule is Br.CC(=O)CCN(CCCl)CCCl.O. The van der Waals surface area contributed by atoms with Crippen LogP contribution in [0.25, 0.3) is 0 Å². The topological polar surface area (TPSA) is 51.8 Å². The summed E-state index contributed by atoms with van der Waals surface area (Å²) in [5.41, 5.74) is 0. The summed E-state index contributed by atoms with van der Waals surface area (Å²) in [4.78, 5) is 12.8. The third kappa shape index (κ3) is 12.7. The first-order chi connectivity index (χ1) is 5.70. The summed E-state index contributed by atoms with van der Waals surface area (Å²) in [6, 6.07) is 0. The molecule has 0 aromatic rings. The van der Waals surface area contributed by atoms with Gasteiger partial charge < -0.3 is 10.4 Å². The molecule has 0 rings (SSSR count). The van der Waals surface area contributed by atoms with E-state index in [-0.39, 0.29) is 28.2 Å². The summed E-state index contributed by atoms with van der Waals surface area (Å²) >= 11 is 11.2. The Morgan fingerprint density at radius 2 is 1.57 bits per heavy atom. The standard InChI is InChI=1S/C8H15Cl2NO.BrH.H2O/c1-8(12)2-5-11(6-3-9)7-4-10;;/h2-7H2,1H3;1H;1H2. The molecule has 0 bridgehead atoms. The number of rotatable bonds is 7. The molecule has 88 valence electrons. The zero-order chi connectivity index (χ0) is 9.40. The van der Waals surface area contributed by atoms with Crippen LogP contribution < -0.4 is 0 Å². The largest absolute Gasteiger partial charge is 0.412 e. The van der Waals surface area contributed by atoms with Crippen molar-refractivity contribution in [3.63, 3.8) is 0 Å². The molecule has 3 nitrogen and oxygen atoms in total. The summed E-state index contributed by atoms with van der Waals surface area (Å²) in [7, 11) is 0. The molecule has 0 atom stereocenters. The Morgan fingerprint density at radius 1 is 1.14 bits per heavy atom. The van der Waals surface area contributed by atoms with Gasteiger partial charge in [-0.15, -0.1) is 40.2 Å². The third-order valence-electron chi connectivity index (χ3n) is 1.58. The highest BCUT2D eigenvalue weighted by molar-refractivity contribution is 8.93. The van der Waals surface area contributed by atoms with Crippen molar-refractivity contribution >= 4 is 46.0 Å². The van der Waals surface area contributed by atoms with Gasteiger partial charge in [-0.1, -0.05) is 0 Å². The lowest BCUT2D eigenvalue weighted by atomic mass is 10.3. The normalized spacial score (nSPS) is 9.14. The van der Waals surface area contributed by atoms with Crippen LogP contribution in [0.2, 0.25) is 0 Å². The summed E-state index contributed by atoms with van der Waals surface area (Å²) in [6.45, 7) is 3.98. The number of hydrogen-bond donors (Lipinski definition) is 0. The first kappa shape index (κ1) is 20.1. The van der Waals surface area contributed by atoms with E-state index in [0.29, 0.717) is 18.2 Å². The number of Topliss-reactive ketones (excluding diaryl/α,β-unsaturated/α-hetero) is 1. The lowest BCUT2D eigenvalue weighted by Crippen LogP contribution is -2.29. The van der Waals surface area contributed by atoms with Crippen LogP contribution in [0, 0.1) is 0 Å². The molecule has 2 N–H and O–H groups in total. The summed E-state index contributed by atoms with van der Waals surface area (Å²) in [6.07, 6.45) is 0.591. The van der Waals surface area contributed by atoms with E-state index < -0.39 is 0 Å². The van der Waals surface area contributed by atoms with Gasteiger partial charge in [0.05, 0.1) is 0 Å². The molecule has 0 fully saturated rings. The zero-order valence-electron chi connectivity index (χ0n) is 8.26. The van der Waals surface area contributed by atoms with Crippen molar-refractivity contribution in [2.75, 3.05) is 31.4 Å². The van der Waals surface area contributed by atoms with Gasteiger partial charge in [-0.25, -0.2) is 0 Å². The van der Waals surface area contributed by atoms with E-state index in [2.05, 4.69) is 4.90 Å². The van der Waals surface area contributed by atoms with Gasteiger partial charge in [0.25, 0.3) is 0 Å². The van der Waals surface area contributed by atoms with Gasteiger partial charge in [0.2, 0.25) is 0 Å². The number of ketones is 1. The Balaban J connectivity index is -0.000000605. The molecular formula is C8H18BrCl2NO2. The molecule has 0 radical (unpaired) electrons. The second-order valence-corrected chi connectivity index (χ2v) is 3.43. The highest BCUT2D eigenvalue weighted by Gasteiger charge is 2.03. The lowest BCUT2D eigenvalue weighted by molar-refractivity contribution is -0.117. The van der Waals surface area contributed by atoms with E-state index >= 15 is 0 Å². The average Bonchev–Trinajstić information content (AvgIpc) is 2.01. The molecule has 0 aromatic carbocycles. The van der Waals surface area contributed by atoms with Crippen molar-refractivity contribution in [3.8, 4) is 0 Å². The van der Waals surface area contributed by atoms with Gasteiger partial charge >= 0.3 is 0 Å².